The summed E-state index contributed by atoms with van der Waals surface area (Å²) in [5, 5.41) is 2.80. The molecular weight excluding hydrogens is 489 g/mol. The zero-order valence-electron chi connectivity index (χ0n) is 20.0. The summed E-state index contributed by atoms with van der Waals surface area (Å²) < 4.78 is 67.8. The number of carbonyl (C=O) groups is 1. The first-order chi connectivity index (χ1) is 16.9. The lowest BCUT2D eigenvalue weighted by Gasteiger charge is -2.26. The van der Waals surface area contributed by atoms with E-state index in [-0.39, 0.29) is 10.6 Å². The Kier molecular flexibility index (Phi) is 7.13. The molecule has 0 spiro atoms. The van der Waals surface area contributed by atoms with Crippen LogP contribution in [0.2, 0.25) is 0 Å². The molecule has 4 rings (SSSR count). The maximum absolute atomic E-state index is 13.5. The van der Waals surface area contributed by atoms with E-state index in [1.807, 2.05) is 18.2 Å². The van der Waals surface area contributed by atoms with E-state index in [4.69, 9.17) is 0 Å². The summed E-state index contributed by atoms with van der Waals surface area (Å²) in [4.78, 5) is 12.9. The fourth-order valence-electron chi connectivity index (χ4n) is 4.35. The van der Waals surface area contributed by atoms with Crippen LogP contribution < -0.4 is 9.62 Å². The minimum Gasteiger partial charge on any atom is -0.348 e. The Hall–Kier alpha value is -3.33. The number of sulfonamides is 1. The second-order valence-corrected chi connectivity index (χ2v) is 10.9. The highest BCUT2D eigenvalue weighted by molar-refractivity contribution is 7.92. The summed E-state index contributed by atoms with van der Waals surface area (Å²) in [6.45, 7) is 2.90. The largest absolute Gasteiger partial charge is 0.416 e. The van der Waals surface area contributed by atoms with Crippen LogP contribution in [0, 0.1) is 6.92 Å². The third-order valence-corrected chi connectivity index (χ3v) is 8.15. The van der Waals surface area contributed by atoms with Crippen molar-refractivity contribution in [2.75, 3.05) is 10.8 Å². The van der Waals surface area contributed by atoms with E-state index in [1.54, 1.807) is 26.0 Å². The van der Waals surface area contributed by atoms with Crippen LogP contribution in [0.1, 0.15) is 47.2 Å². The molecule has 36 heavy (non-hydrogen) atoms. The Morgan fingerprint density at radius 2 is 1.69 bits per heavy atom. The van der Waals surface area contributed by atoms with Gasteiger partial charge >= 0.3 is 6.18 Å². The van der Waals surface area contributed by atoms with E-state index in [1.165, 1.54) is 29.3 Å². The van der Waals surface area contributed by atoms with E-state index >= 15 is 0 Å². The number of anilines is 1. The number of aryl methyl sites for hydroxylation is 3. The number of rotatable bonds is 7. The van der Waals surface area contributed by atoms with Gasteiger partial charge < -0.3 is 5.32 Å². The smallest absolute Gasteiger partial charge is 0.348 e. The van der Waals surface area contributed by atoms with Crippen LogP contribution in [0.4, 0.5) is 18.9 Å². The Labute approximate surface area is 209 Å². The van der Waals surface area contributed by atoms with Crippen molar-refractivity contribution in [3.63, 3.8) is 0 Å². The number of hydrogen-bond acceptors (Lipinski definition) is 3. The molecule has 5 nitrogen and oxygen atoms in total. The maximum atomic E-state index is 13.5. The van der Waals surface area contributed by atoms with Gasteiger partial charge in [-0.25, -0.2) is 8.42 Å². The third-order valence-electron chi connectivity index (χ3n) is 6.36. The predicted octanol–water partition coefficient (Wildman–Crippen LogP) is 5.58. The zero-order valence-corrected chi connectivity index (χ0v) is 20.8. The number of hydrogen-bond donors (Lipinski definition) is 1. The van der Waals surface area contributed by atoms with Crippen LogP contribution in [0.3, 0.4) is 0 Å². The molecule has 190 valence electrons. The molecule has 0 saturated heterocycles. The van der Waals surface area contributed by atoms with Gasteiger partial charge in [-0.3, -0.25) is 9.10 Å². The second kappa shape index (κ2) is 9.97. The van der Waals surface area contributed by atoms with E-state index in [0.29, 0.717) is 0 Å². The molecule has 0 aromatic heterocycles. The number of nitrogens with one attached hydrogen (secondary N) is 1. The van der Waals surface area contributed by atoms with Gasteiger partial charge in [0.25, 0.3) is 10.0 Å². The molecule has 0 bridgehead atoms. The van der Waals surface area contributed by atoms with Gasteiger partial charge in [-0.15, -0.1) is 0 Å². The quantitative estimate of drug-likeness (QED) is 0.446. The number of amides is 1. The van der Waals surface area contributed by atoms with Crippen molar-refractivity contribution in [1.82, 2.24) is 5.32 Å². The molecule has 3 aromatic rings. The van der Waals surface area contributed by atoms with Gasteiger partial charge in [0, 0.05) is 0 Å². The monoisotopic (exact) mass is 516 g/mol. The van der Waals surface area contributed by atoms with Gasteiger partial charge in [0.15, 0.2) is 0 Å². The molecule has 1 unspecified atom stereocenters. The van der Waals surface area contributed by atoms with Crippen LogP contribution in [-0.2, 0) is 33.8 Å². The minimum absolute atomic E-state index is 0.120. The molecule has 1 amide bonds. The van der Waals surface area contributed by atoms with Crippen molar-refractivity contribution in [1.29, 1.82) is 0 Å². The average Bonchev–Trinajstić information content (AvgIpc) is 3.30. The lowest BCUT2D eigenvalue weighted by molar-refractivity contribution is -0.137. The number of nitrogens with zero attached hydrogens (tertiary/aromatic N) is 1. The molecule has 9 heteroatoms. The average molecular weight is 517 g/mol. The number of alkyl halides is 3. The summed E-state index contributed by atoms with van der Waals surface area (Å²) in [6.07, 6.45) is -1.58. The molecule has 1 atom stereocenters. The fraction of sp³-hybridized carbons (Fsp3) is 0.296. The van der Waals surface area contributed by atoms with Gasteiger partial charge in [-0.05, 0) is 80.1 Å². The Morgan fingerprint density at radius 1 is 1.00 bits per heavy atom. The fourth-order valence-corrected chi connectivity index (χ4v) is 5.76. The summed E-state index contributed by atoms with van der Waals surface area (Å²) in [5.74, 6) is -0.629. The summed E-state index contributed by atoms with van der Waals surface area (Å²) in [5.41, 5.74) is 2.98. The maximum Gasteiger partial charge on any atom is 0.416 e. The minimum atomic E-state index is -4.67. The van der Waals surface area contributed by atoms with E-state index in [2.05, 4.69) is 5.32 Å². The van der Waals surface area contributed by atoms with Crippen molar-refractivity contribution in [3.8, 4) is 0 Å². The molecule has 0 heterocycles. The molecule has 3 aromatic carbocycles. The predicted molar refractivity (Wildman–Crippen MR) is 132 cm³/mol. The highest BCUT2D eigenvalue weighted by Gasteiger charge is 2.33. The van der Waals surface area contributed by atoms with Crippen LogP contribution in [0.15, 0.2) is 71.6 Å². The number of halogens is 3. The SMILES string of the molecule is Cc1ccc(S(=O)(=O)N(CC(=O)NC(C)c2ccc3c(c2)CCC3)c2cccc(C(F)(F)F)c2)cc1. The Balaban J connectivity index is 1.63. The molecule has 0 radical (unpaired) electrons. The van der Waals surface area contributed by atoms with Gasteiger partial charge in [0.1, 0.15) is 6.54 Å². The Morgan fingerprint density at radius 3 is 2.39 bits per heavy atom. The summed E-state index contributed by atoms with van der Waals surface area (Å²) in [7, 11) is -4.33. The molecule has 1 N–H and O–H groups in total. The van der Waals surface area contributed by atoms with E-state index in [0.717, 1.165) is 52.9 Å². The molecule has 0 aliphatic heterocycles. The first kappa shape index (κ1) is 25.8. The number of fused-ring (bicyclic) bond motifs is 1. The molecule has 0 saturated carbocycles. The molecule has 0 fully saturated rings. The third kappa shape index (κ3) is 5.56. The van der Waals surface area contributed by atoms with Gasteiger partial charge in [0.05, 0.1) is 22.2 Å². The molecular formula is C27H27F3N2O3S. The Bertz CT molecular complexity index is 1370. The van der Waals surface area contributed by atoms with Crippen molar-refractivity contribution >= 4 is 21.6 Å². The van der Waals surface area contributed by atoms with Crippen molar-refractivity contribution in [3.05, 3.63) is 94.5 Å². The van der Waals surface area contributed by atoms with Crippen LogP contribution in [0.25, 0.3) is 0 Å². The number of carbonyl (C=O) groups excluding carboxylic acids is 1. The van der Waals surface area contributed by atoms with Crippen LogP contribution >= 0.6 is 0 Å². The first-order valence-electron chi connectivity index (χ1n) is 11.6. The second-order valence-electron chi connectivity index (χ2n) is 9.04. The zero-order chi connectivity index (χ0) is 26.1. The number of benzene rings is 3. The highest BCUT2D eigenvalue weighted by Crippen LogP contribution is 2.33. The topological polar surface area (TPSA) is 66.5 Å². The highest BCUT2D eigenvalue weighted by atomic mass is 32.2. The lowest BCUT2D eigenvalue weighted by atomic mass is 10.0. The summed E-state index contributed by atoms with van der Waals surface area (Å²) in [6, 6.07) is 15.5. The van der Waals surface area contributed by atoms with Crippen LogP contribution in [0.5, 0.6) is 0 Å². The van der Waals surface area contributed by atoms with Gasteiger partial charge in [-0.1, -0.05) is 42.0 Å². The molecule has 1 aliphatic carbocycles. The van der Waals surface area contributed by atoms with Crippen molar-refractivity contribution in [2.45, 2.75) is 50.2 Å². The normalized spacial score (nSPS) is 14.2. The van der Waals surface area contributed by atoms with E-state index < -0.39 is 40.3 Å². The van der Waals surface area contributed by atoms with E-state index in [9.17, 15) is 26.4 Å². The lowest BCUT2D eigenvalue weighted by Crippen LogP contribution is -2.41. The molecule has 1 aliphatic rings. The van der Waals surface area contributed by atoms with Crippen LogP contribution in [-0.4, -0.2) is 20.9 Å². The van der Waals surface area contributed by atoms with Gasteiger partial charge in [0.2, 0.25) is 5.91 Å². The standard InChI is InChI=1S/C27H27F3N2O3S/c1-18-9-13-25(14-10-18)36(34,35)32(24-8-4-7-23(16-24)27(28,29)30)17-26(33)31-19(2)21-12-11-20-5-3-6-22(20)15-21/h4,7-16,19H,3,5-6,17H2,1-2H3,(H,31,33). The van der Waals surface area contributed by atoms with Crippen molar-refractivity contribution in [2.24, 2.45) is 0 Å². The van der Waals surface area contributed by atoms with Crippen molar-refractivity contribution < 1.29 is 26.4 Å². The van der Waals surface area contributed by atoms with Gasteiger partial charge in [-0.2, -0.15) is 13.2 Å². The summed E-state index contributed by atoms with van der Waals surface area (Å²) >= 11 is 0. The first-order valence-corrected chi connectivity index (χ1v) is 13.1.